The summed E-state index contributed by atoms with van der Waals surface area (Å²) >= 11 is 1.57. The van der Waals surface area contributed by atoms with Crippen LogP contribution < -0.4 is 10.6 Å². The molecule has 1 aliphatic rings. The van der Waals surface area contributed by atoms with E-state index in [4.69, 9.17) is 0 Å². The second-order valence-electron chi connectivity index (χ2n) is 5.46. The van der Waals surface area contributed by atoms with Gasteiger partial charge in [0.1, 0.15) is 0 Å². The van der Waals surface area contributed by atoms with Crippen molar-refractivity contribution in [3.05, 3.63) is 22.4 Å². The minimum atomic E-state index is -0.535. The van der Waals surface area contributed by atoms with E-state index in [1.54, 1.807) is 11.3 Å². The van der Waals surface area contributed by atoms with Gasteiger partial charge < -0.3 is 15.7 Å². The summed E-state index contributed by atoms with van der Waals surface area (Å²) in [7, 11) is 0. The molecular formula is C15H24N2O2S. The van der Waals surface area contributed by atoms with Crippen LogP contribution in [0.2, 0.25) is 0 Å². The highest BCUT2D eigenvalue weighted by atomic mass is 32.1. The van der Waals surface area contributed by atoms with E-state index in [0.29, 0.717) is 12.6 Å². The number of rotatable bonds is 6. The van der Waals surface area contributed by atoms with Crippen LogP contribution in [0.1, 0.15) is 50.2 Å². The molecule has 0 aliphatic heterocycles. The van der Waals surface area contributed by atoms with E-state index in [1.165, 1.54) is 25.7 Å². The predicted molar refractivity (Wildman–Crippen MR) is 81.8 cm³/mol. The molecule has 112 valence electrons. The average molecular weight is 296 g/mol. The minimum Gasteiger partial charge on any atom is -0.387 e. The molecule has 1 aromatic rings. The second kappa shape index (κ2) is 8.39. The van der Waals surface area contributed by atoms with Gasteiger partial charge in [0.05, 0.1) is 12.6 Å². The molecule has 0 radical (unpaired) electrons. The van der Waals surface area contributed by atoms with Gasteiger partial charge in [0, 0.05) is 12.6 Å². The summed E-state index contributed by atoms with van der Waals surface area (Å²) in [6, 6.07) is 2.25. The van der Waals surface area contributed by atoms with E-state index in [9.17, 15) is 9.90 Å². The zero-order valence-electron chi connectivity index (χ0n) is 11.8. The summed E-state index contributed by atoms with van der Waals surface area (Å²) in [4.78, 5) is 11.8. The van der Waals surface area contributed by atoms with Crippen LogP contribution in [0.3, 0.4) is 0 Å². The molecule has 4 nitrogen and oxygen atoms in total. The number of thiophene rings is 1. The van der Waals surface area contributed by atoms with E-state index < -0.39 is 6.10 Å². The molecule has 0 saturated heterocycles. The summed E-state index contributed by atoms with van der Waals surface area (Å²) in [5.74, 6) is 0.0365. The Hall–Kier alpha value is -0.910. The van der Waals surface area contributed by atoms with Crippen molar-refractivity contribution in [3.8, 4) is 0 Å². The molecule has 3 N–H and O–H groups in total. The normalized spacial score (nSPS) is 18.4. The van der Waals surface area contributed by atoms with Gasteiger partial charge in [-0.1, -0.05) is 25.7 Å². The summed E-state index contributed by atoms with van der Waals surface area (Å²) in [5, 5.41) is 19.9. The molecule has 2 rings (SSSR count). The lowest BCUT2D eigenvalue weighted by Gasteiger charge is -2.17. The van der Waals surface area contributed by atoms with E-state index in [1.807, 2.05) is 16.8 Å². The highest BCUT2D eigenvalue weighted by Gasteiger charge is 2.14. The fourth-order valence-electron chi connectivity index (χ4n) is 2.61. The third-order valence-corrected chi connectivity index (χ3v) is 4.47. The first-order valence-corrected chi connectivity index (χ1v) is 8.40. The Bertz CT molecular complexity index is 387. The lowest BCUT2D eigenvalue weighted by Crippen LogP contribution is -2.41. The maximum atomic E-state index is 11.8. The highest BCUT2D eigenvalue weighted by Crippen LogP contribution is 2.17. The van der Waals surface area contributed by atoms with Crippen LogP contribution in [0.15, 0.2) is 16.8 Å². The van der Waals surface area contributed by atoms with Crippen molar-refractivity contribution in [1.82, 2.24) is 10.6 Å². The van der Waals surface area contributed by atoms with Crippen LogP contribution in [0.25, 0.3) is 0 Å². The molecule has 1 fully saturated rings. The first kappa shape index (κ1) is 15.5. The minimum absolute atomic E-state index is 0.0365. The lowest BCUT2D eigenvalue weighted by molar-refractivity contribution is -0.121. The molecule has 1 aromatic heterocycles. The Kier molecular flexibility index (Phi) is 6.50. The fourth-order valence-corrected chi connectivity index (χ4v) is 3.31. The smallest absolute Gasteiger partial charge is 0.234 e. The van der Waals surface area contributed by atoms with Gasteiger partial charge in [-0.3, -0.25) is 4.79 Å². The van der Waals surface area contributed by atoms with E-state index >= 15 is 0 Å². The molecule has 20 heavy (non-hydrogen) atoms. The van der Waals surface area contributed by atoms with E-state index in [0.717, 1.165) is 18.4 Å². The maximum absolute atomic E-state index is 11.8. The summed E-state index contributed by atoms with van der Waals surface area (Å²) in [6.07, 6.45) is 6.68. The number of aliphatic hydroxyl groups is 1. The maximum Gasteiger partial charge on any atom is 0.234 e. The van der Waals surface area contributed by atoms with Gasteiger partial charge >= 0.3 is 0 Å². The molecule has 1 atom stereocenters. The Morgan fingerprint density at radius 1 is 1.35 bits per heavy atom. The number of carbonyl (C=O) groups excluding carboxylic acids is 1. The number of carbonyl (C=O) groups is 1. The highest BCUT2D eigenvalue weighted by molar-refractivity contribution is 7.07. The quantitative estimate of drug-likeness (QED) is 0.705. The monoisotopic (exact) mass is 296 g/mol. The molecule has 1 amide bonds. The summed E-state index contributed by atoms with van der Waals surface area (Å²) in [6.45, 7) is 0.687. The predicted octanol–water partition coefficient (Wildman–Crippen LogP) is 2.21. The van der Waals surface area contributed by atoms with E-state index in [2.05, 4.69) is 10.6 Å². The van der Waals surface area contributed by atoms with Gasteiger partial charge in [-0.25, -0.2) is 0 Å². The molecular weight excluding hydrogens is 272 g/mol. The summed E-state index contributed by atoms with van der Waals surface area (Å²) < 4.78 is 0. The summed E-state index contributed by atoms with van der Waals surface area (Å²) in [5.41, 5.74) is 0.909. The zero-order chi connectivity index (χ0) is 14.2. The van der Waals surface area contributed by atoms with Gasteiger partial charge in [0.2, 0.25) is 5.91 Å². The third kappa shape index (κ3) is 5.23. The molecule has 1 aliphatic carbocycles. The van der Waals surface area contributed by atoms with Crippen molar-refractivity contribution in [2.75, 3.05) is 13.1 Å². The largest absolute Gasteiger partial charge is 0.387 e. The van der Waals surface area contributed by atoms with Gasteiger partial charge in [-0.15, -0.1) is 0 Å². The van der Waals surface area contributed by atoms with Crippen LogP contribution in [0, 0.1) is 0 Å². The zero-order valence-corrected chi connectivity index (χ0v) is 12.6. The van der Waals surface area contributed by atoms with Gasteiger partial charge in [-0.05, 0) is 35.2 Å². The van der Waals surface area contributed by atoms with Gasteiger partial charge in [0.15, 0.2) is 0 Å². The van der Waals surface area contributed by atoms with Crippen LogP contribution in [0.4, 0.5) is 0 Å². The molecule has 0 bridgehead atoms. The van der Waals surface area contributed by atoms with E-state index in [-0.39, 0.29) is 12.5 Å². The molecule has 5 heteroatoms. The Morgan fingerprint density at radius 3 is 2.75 bits per heavy atom. The second-order valence-corrected chi connectivity index (χ2v) is 6.24. The van der Waals surface area contributed by atoms with Crippen molar-refractivity contribution in [3.63, 3.8) is 0 Å². The van der Waals surface area contributed by atoms with Crippen LogP contribution in [-0.4, -0.2) is 30.1 Å². The van der Waals surface area contributed by atoms with Crippen molar-refractivity contribution in [2.24, 2.45) is 0 Å². The van der Waals surface area contributed by atoms with Crippen LogP contribution in [0.5, 0.6) is 0 Å². The topological polar surface area (TPSA) is 61.4 Å². The van der Waals surface area contributed by atoms with Crippen molar-refractivity contribution >= 4 is 17.2 Å². The SMILES string of the molecule is O=C(CNCC(O)c1ccsc1)NC1CCCCCC1. The molecule has 0 spiro atoms. The Labute approximate surface area is 124 Å². The van der Waals surface area contributed by atoms with Crippen molar-refractivity contribution in [1.29, 1.82) is 0 Å². The Morgan fingerprint density at radius 2 is 2.10 bits per heavy atom. The molecule has 1 unspecified atom stereocenters. The molecule has 0 aromatic carbocycles. The Balaban J connectivity index is 1.62. The van der Waals surface area contributed by atoms with Crippen molar-refractivity contribution < 1.29 is 9.90 Å². The van der Waals surface area contributed by atoms with Gasteiger partial charge in [0.25, 0.3) is 0 Å². The first-order chi connectivity index (χ1) is 9.75. The number of hydrogen-bond donors (Lipinski definition) is 3. The van der Waals surface area contributed by atoms with Gasteiger partial charge in [-0.2, -0.15) is 11.3 Å². The number of nitrogens with one attached hydrogen (secondary N) is 2. The number of hydrogen-bond acceptors (Lipinski definition) is 4. The lowest BCUT2D eigenvalue weighted by atomic mass is 10.1. The first-order valence-electron chi connectivity index (χ1n) is 7.46. The molecule has 1 saturated carbocycles. The standard InChI is InChI=1S/C15H24N2O2S/c18-14(12-7-8-20-11-12)9-16-10-15(19)17-13-5-3-1-2-4-6-13/h7-8,11,13-14,16,18H,1-6,9-10H2,(H,17,19). The van der Waals surface area contributed by atoms with Crippen LogP contribution >= 0.6 is 11.3 Å². The van der Waals surface area contributed by atoms with Crippen molar-refractivity contribution in [2.45, 2.75) is 50.7 Å². The molecule has 1 heterocycles. The van der Waals surface area contributed by atoms with Crippen LogP contribution in [-0.2, 0) is 4.79 Å². The number of aliphatic hydroxyl groups excluding tert-OH is 1. The average Bonchev–Trinajstić information content (AvgIpc) is 2.85. The third-order valence-electron chi connectivity index (χ3n) is 3.77. The number of amides is 1. The fraction of sp³-hybridized carbons (Fsp3) is 0.667.